The molecule has 0 aliphatic rings. The minimum Gasteiger partial charge on any atom is -0.273 e. The van der Waals surface area contributed by atoms with Crippen LogP contribution >= 0.6 is 0 Å². The molecular weight excluding hydrogens is 214 g/mol. The van der Waals surface area contributed by atoms with Crippen molar-refractivity contribution < 1.29 is 0 Å². The van der Waals surface area contributed by atoms with Crippen LogP contribution in [-0.2, 0) is 13.5 Å². The molecule has 0 saturated carbocycles. The lowest BCUT2D eigenvalue weighted by atomic mass is 10.0. The van der Waals surface area contributed by atoms with Crippen LogP contribution in [0.25, 0.3) is 0 Å². The zero-order chi connectivity index (χ0) is 12.3. The minimum atomic E-state index is 0.0404. The first-order chi connectivity index (χ1) is 8.22. The molecule has 0 saturated heterocycles. The molecule has 5 heteroatoms. The number of pyridine rings is 1. The number of nitrogens with zero attached hydrogens (tertiary/aromatic N) is 3. The molecule has 0 fully saturated rings. The highest BCUT2D eigenvalue weighted by Gasteiger charge is 2.16. The highest BCUT2D eigenvalue weighted by Crippen LogP contribution is 2.19. The molecule has 1 atom stereocenters. The van der Waals surface area contributed by atoms with Crippen molar-refractivity contribution in [2.45, 2.75) is 19.4 Å². The highest BCUT2D eigenvalue weighted by atomic mass is 15.3. The SMILES string of the molecule is Cc1c(C(Cc2ccccn2)NN)cnn1C. The minimum absolute atomic E-state index is 0.0404. The number of hydrazine groups is 1. The second-order valence-electron chi connectivity index (χ2n) is 4.05. The Kier molecular flexibility index (Phi) is 3.51. The molecule has 2 aromatic heterocycles. The fourth-order valence-corrected chi connectivity index (χ4v) is 1.84. The summed E-state index contributed by atoms with van der Waals surface area (Å²) in [5, 5.41) is 4.23. The van der Waals surface area contributed by atoms with E-state index >= 15 is 0 Å². The molecule has 5 nitrogen and oxygen atoms in total. The number of nitrogens with two attached hydrogens (primary N) is 1. The van der Waals surface area contributed by atoms with Crippen LogP contribution < -0.4 is 11.3 Å². The van der Waals surface area contributed by atoms with Crippen molar-refractivity contribution in [1.82, 2.24) is 20.2 Å². The van der Waals surface area contributed by atoms with Crippen molar-refractivity contribution in [3.05, 3.63) is 47.5 Å². The molecule has 0 radical (unpaired) electrons. The fraction of sp³-hybridized carbons (Fsp3) is 0.333. The van der Waals surface area contributed by atoms with Gasteiger partial charge in [0.1, 0.15) is 0 Å². The molecule has 0 amide bonds. The Bertz CT molecular complexity index is 477. The lowest BCUT2D eigenvalue weighted by molar-refractivity contribution is 0.542. The summed E-state index contributed by atoms with van der Waals surface area (Å²) in [4.78, 5) is 4.31. The molecule has 0 bridgehead atoms. The third kappa shape index (κ3) is 2.51. The second kappa shape index (κ2) is 5.07. The second-order valence-corrected chi connectivity index (χ2v) is 4.05. The van der Waals surface area contributed by atoms with E-state index in [-0.39, 0.29) is 6.04 Å². The van der Waals surface area contributed by atoms with Gasteiger partial charge in [-0.3, -0.25) is 20.9 Å². The van der Waals surface area contributed by atoms with Crippen LogP contribution in [0.15, 0.2) is 30.6 Å². The van der Waals surface area contributed by atoms with E-state index in [4.69, 9.17) is 5.84 Å². The molecule has 2 heterocycles. The first-order valence-electron chi connectivity index (χ1n) is 5.57. The van der Waals surface area contributed by atoms with Gasteiger partial charge in [0.25, 0.3) is 0 Å². The third-order valence-corrected chi connectivity index (χ3v) is 2.99. The molecule has 3 N–H and O–H groups in total. The Hall–Kier alpha value is -1.72. The van der Waals surface area contributed by atoms with Crippen LogP contribution in [0.5, 0.6) is 0 Å². The Labute approximate surface area is 101 Å². The molecule has 0 aliphatic heterocycles. The number of aryl methyl sites for hydroxylation is 1. The average molecular weight is 231 g/mol. The van der Waals surface area contributed by atoms with Gasteiger partial charge in [-0.15, -0.1) is 0 Å². The van der Waals surface area contributed by atoms with Crippen molar-refractivity contribution >= 4 is 0 Å². The molecule has 2 rings (SSSR count). The van der Waals surface area contributed by atoms with Crippen molar-refractivity contribution in [2.75, 3.05) is 0 Å². The maximum Gasteiger partial charge on any atom is 0.0549 e. The normalized spacial score (nSPS) is 12.6. The Morgan fingerprint density at radius 1 is 1.47 bits per heavy atom. The number of hydrogen-bond acceptors (Lipinski definition) is 4. The van der Waals surface area contributed by atoms with Crippen LogP contribution in [0.2, 0.25) is 0 Å². The predicted molar refractivity (Wildman–Crippen MR) is 66.0 cm³/mol. The van der Waals surface area contributed by atoms with Crippen molar-refractivity contribution in [1.29, 1.82) is 0 Å². The first kappa shape index (κ1) is 11.8. The van der Waals surface area contributed by atoms with Crippen LogP contribution in [0.3, 0.4) is 0 Å². The van der Waals surface area contributed by atoms with Crippen molar-refractivity contribution in [3.63, 3.8) is 0 Å². The molecule has 17 heavy (non-hydrogen) atoms. The summed E-state index contributed by atoms with van der Waals surface area (Å²) < 4.78 is 1.85. The smallest absolute Gasteiger partial charge is 0.0549 e. The summed E-state index contributed by atoms with van der Waals surface area (Å²) in [6, 6.07) is 5.92. The van der Waals surface area contributed by atoms with Gasteiger partial charge in [0.2, 0.25) is 0 Å². The average Bonchev–Trinajstić information content (AvgIpc) is 2.69. The maximum atomic E-state index is 5.62. The van der Waals surface area contributed by atoms with E-state index in [1.54, 1.807) is 6.20 Å². The van der Waals surface area contributed by atoms with Gasteiger partial charge in [-0.2, -0.15) is 5.10 Å². The highest BCUT2D eigenvalue weighted by molar-refractivity contribution is 5.22. The molecule has 0 aliphatic carbocycles. The molecule has 0 spiro atoms. The largest absolute Gasteiger partial charge is 0.273 e. The lowest BCUT2D eigenvalue weighted by Gasteiger charge is -2.15. The van der Waals surface area contributed by atoms with E-state index in [1.165, 1.54) is 0 Å². The fourth-order valence-electron chi connectivity index (χ4n) is 1.84. The van der Waals surface area contributed by atoms with Crippen LogP contribution in [0.1, 0.15) is 23.0 Å². The van der Waals surface area contributed by atoms with Crippen LogP contribution in [0, 0.1) is 6.92 Å². The van der Waals surface area contributed by atoms with E-state index in [9.17, 15) is 0 Å². The summed E-state index contributed by atoms with van der Waals surface area (Å²) in [5.74, 6) is 5.62. The van der Waals surface area contributed by atoms with E-state index in [0.29, 0.717) is 0 Å². The lowest BCUT2D eigenvalue weighted by Crippen LogP contribution is -2.30. The van der Waals surface area contributed by atoms with Crippen LogP contribution in [0.4, 0.5) is 0 Å². The Morgan fingerprint density at radius 2 is 2.29 bits per heavy atom. The third-order valence-electron chi connectivity index (χ3n) is 2.99. The maximum absolute atomic E-state index is 5.62. The summed E-state index contributed by atoms with van der Waals surface area (Å²) in [5.41, 5.74) is 6.07. The van der Waals surface area contributed by atoms with Crippen molar-refractivity contribution in [3.8, 4) is 0 Å². The Morgan fingerprint density at radius 3 is 2.82 bits per heavy atom. The molecular formula is C12H17N5. The number of nitrogens with one attached hydrogen (secondary N) is 1. The van der Waals surface area contributed by atoms with Gasteiger partial charge in [-0.05, 0) is 19.1 Å². The quantitative estimate of drug-likeness (QED) is 0.605. The van der Waals surface area contributed by atoms with E-state index in [1.807, 2.05) is 43.0 Å². The van der Waals surface area contributed by atoms with Crippen LogP contribution in [-0.4, -0.2) is 14.8 Å². The monoisotopic (exact) mass is 231 g/mol. The topological polar surface area (TPSA) is 68.8 Å². The summed E-state index contributed by atoms with van der Waals surface area (Å²) in [6.45, 7) is 2.03. The molecule has 0 aromatic carbocycles. The first-order valence-corrected chi connectivity index (χ1v) is 5.57. The van der Waals surface area contributed by atoms with Gasteiger partial charge in [0, 0.05) is 36.6 Å². The van der Waals surface area contributed by atoms with Gasteiger partial charge in [0.15, 0.2) is 0 Å². The van der Waals surface area contributed by atoms with Gasteiger partial charge >= 0.3 is 0 Å². The van der Waals surface area contributed by atoms with Gasteiger partial charge in [-0.1, -0.05) is 6.07 Å². The predicted octanol–water partition coefficient (Wildman–Crippen LogP) is 0.871. The van der Waals surface area contributed by atoms with E-state index in [0.717, 1.165) is 23.4 Å². The zero-order valence-electron chi connectivity index (χ0n) is 10.1. The molecule has 90 valence electrons. The van der Waals surface area contributed by atoms with Crippen molar-refractivity contribution in [2.24, 2.45) is 12.9 Å². The molecule has 2 aromatic rings. The number of rotatable bonds is 4. The Balaban J connectivity index is 2.20. The standard InChI is InChI=1S/C12H17N5/c1-9-11(8-15-17(9)2)12(16-13)7-10-5-3-4-6-14-10/h3-6,8,12,16H,7,13H2,1-2H3. The number of hydrogen-bond donors (Lipinski definition) is 2. The van der Waals surface area contributed by atoms with Gasteiger partial charge < -0.3 is 0 Å². The molecule has 1 unspecified atom stereocenters. The summed E-state index contributed by atoms with van der Waals surface area (Å²) in [7, 11) is 1.92. The summed E-state index contributed by atoms with van der Waals surface area (Å²) in [6.07, 6.45) is 4.39. The van der Waals surface area contributed by atoms with E-state index in [2.05, 4.69) is 15.5 Å². The van der Waals surface area contributed by atoms with E-state index < -0.39 is 0 Å². The van der Waals surface area contributed by atoms with Gasteiger partial charge in [-0.25, -0.2) is 0 Å². The van der Waals surface area contributed by atoms with Gasteiger partial charge in [0.05, 0.1) is 12.2 Å². The number of aromatic nitrogens is 3. The zero-order valence-corrected chi connectivity index (χ0v) is 10.1. The summed E-state index contributed by atoms with van der Waals surface area (Å²) >= 11 is 0.